The lowest BCUT2D eigenvalue weighted by atomic mass is 9.98. The summed E-state index contributed by atoms with van der Waals surface area (Å²) in [6.45, 7) is 17.2. The van der Waals surface area contributed by atoms with Crippen LogP contribution >= 0.6 is 23.2 Å². The van der Waals surface area contributed by atoms with Gasteiger partial charge in [0.05, 0.1) is 93.1 Å². The van der Waals surface area contributed by atoms with Crippen LogP contribution in [-0.2, 0) is 104 Å². The van der Waals surface area contributed by atoms with E-state index in [0.29, 0.717) is 0 Å². The van der Waals surface area contributed by atoms with E-state index in [1.54, 1.807) is 115 Å². The van der Waals surface area contributed by atoms with Crippen LogP contribution in [0.15, 0.2) is 142 Å². The zero-order valence-electron chi connectivity index (χ0n) is 75.3. The maximum atomic E-state index is 15.9. The molecule has 0 bridgehead atoms. The molecule has 716 valence electrons. The van der Waals surface area contributed by atoms with Crippen molar-refractivity contribution in [3.8, 4) is 17.2 Å². The Labute approximate surface area is 750 Å². The fraction of sp³-hybridized carbons (Fsp3) is 0.576. The summed E-state index contributed by atoms with van der Waals surface area (Å²) < 4.78 is 157. The number of alkyl halides is 3. The molecule has 0 radical (unpaired) electrons. The van der Waals surface area contributed by atoms with Gasteiger partial charge in [0.1, 0.15) is 72.0 Å². The van der Waals surface area contributed by atoms with E-state index < -0.39 is 187 Å². The predicted molar refractivity (Wildman–Crippen MR) is 463 cm³/mol. The van der Waals surface area contributed by atoms with Gasteiger partial charge >= 0.3 is 58.2 Å². The van der Waals surface area contributed by atoms with Gasteiger partial charge in [-0.15, -0.1) is 0 Å². The first-order chi connectivity index (χ1) is 61.0. The number of aliphatic hydroxyl groups is 3. The van der Waals surface area contributed by atoms with Crippen LogP contribution in [0.5, 0.6) is 17.2 Å². The number of halogens is 3. The van der Waals surface area contributed by atoms with Crippen LogP contribution in [0.25, 0.3) is 0 Å². The molecule has 39 nitrogen and oxygen atoms in total. The van der Waals surface area contributed by atoms with Crippen molar-refractivity contribution < 1.29 is 127 Å². The van der Waals surface area contributed by atoms with E-state index in [1.165, 1.54) is 94.0 Å². The molecule has 3 aromatic heterocycles. The highest BCUT2D eigenvalue weighted by Crippen LogP contribution is 2.52. The standard InChI is InChI=1S/2C29H40FN4O9P.C27H38FN4O9P/c2*1-18(2)41-26(37)19(3)32-44(39,43-21-10-7-6-8-11-21)40-17-24-25(36)29(4,30)27(42-24)34-15-13-20(31-28(34)38)16-23(35)22-12-9-14-33(22)5;1-17(2)39-24(35)18(3)30-42(37,41-21-10-8-7-9-11-21)38-16-22-23(34)27(4,28)25(40-22)32-13-12-19(29-26(32)36)14-20(33)15-31(5)6/h2*6-8,10-11,13,15,18-19,22,24-25,27,36H,9,12,14,16-17H2,1-5H3,(H,32,39);7-13,17-18,22-23,25,34H,14-16H2,1-6H3,(H,30,37)/t19-,22-,24+,25+,27+,29+,44+;19-,22-,24+,25+,27+,29+,44-;18-,22+,23+,25+,27+,42+/m000/s1. The van der Waals surface area contributed by atoms with Gasteiger partial charge in [-0.25, -0.2) is 41.3 Å². The van der Waals surface area contributed by atoms with Crippen LogP contribution in [0.3, 0.4) is 0 Å². The van der Waals surface area contributed by atoms with Crippen molar-refractivity contribution in [1.29, 1.82) is 0 Å². The Bertz CT molecular complexity index is 4970. The molecule has 0 aliphatic carbocycles. The number of carbonyl (C=O) groups excluding carboxylic acids is 6. The van der Waals surface area contributed by atoms with E-state index in [9.17, 15) is 72.2 Å². The Balaban J connectivity index is 0.000000220. The number of ketones is 3. The number of ether oxygens (including phenoxy) is 6. The summed E-state index contributed by atoms with van der Waals surface area (Å²) in [6, 6.07) is 24.5. The van der Waals surface area contributed by atoms with Gasteiger partial charge in [0.15, 0.2) is 53.0 Å². The third-order valence-electron chi connectivity index (χ3n) is 21.2. The van der Waals surface area contributed by atoms with Crippen molar-refractivity contribution in [3.05, 3.63) is 176 Å². The van der Waals surface area contributed by atoms with Gasteiger partial charge in [0.25, 0.3) is 0 Å². The van der Waals surface area contributed by atoms with Crippen molar-refractivity contribution in [3.63, 3.8) is 0 Å². The molecule has 8 heterocycles. The highest BCUT2D eigenvalue weighted by Gasteiger charge is 2.59. The van der Waals surface area contributed by atoms with Crippen LogP contribution in [0, 0.1) is 0 Å². The average molecular weight is 1890 g/mol. The van der Waals surface area contributed by atoms with Crippen molar-refractivity contribution in [2.24, 2.45) is 0 Å². The number of nitrogens with zero attached hydrogens (tertiary/aromatic N) is 9. The highest BCUT2D eigenvalue weighted by molar-refractivity contribution is 7.52. The SMILES string of the molecule is CC(C)OC(=O)[C@H](C)N[P@@](=O)(OC[C@H]1O[C@@H](n2ccc(CC(=O)CN(C)C)nc2=O)[C@](C)(F)[C@@H]1O)Oc1ccccc1.CC(C)OC(=O)[C@H](C)N[P@@](=O)(OC[C@H]1O[C@@H](n2ccc(CC(=O)[C@@H]3CCCN3C)nc2=O)[C@](C)(F)[C@@H]1O)Oc1ccccc1.CC(C)OC(=O)[C@H](C)N[P@](=O)(OC[C@H]1O[C@@H](n2ccc(CC(=O)[C@@H]3CCCN3C)nc2=O)[C@](C)(F)[C@@H]1O)Oc1ccccc1. The molecule has 45 heteroatoms. The van der Waals surface area contributed by atoms with Crippen molar-refractivity contribution >= 4 is 58.5 Å². The number of hydrogen-bond donors (Lipinski definition) is 6. The molecule has 5 aliphatic heterocycles. The third kappa shape index (κ3) is 28.3. The lowest BCUT2D eigenvalue weighted by Gasteiger charge is -2.25. The number of benzene rings is 3. The molecular weight excluding hydrogens is 1770 g/mol. The van der Waals surface area contributed by atoms with Gasteiger partial charge < -0.3 is 62.2 Å². The fourth-order valence-electron chi connectivity index (χ4n) is 14.6. The molecule has 6 N–H and O–H groups in total. The number of likely N-dealkylation sites (N-methyl/N-ethyl adjacent to an activating group) is 3. The van der Waals surface area contributed by atoms with Crippen LogP contribution < -0.4 is 45.9 Å². The number of para-hydroxylation sites is 3. The summed E-state index contributed by atoms with van der Waals surface area (Å²) in [5.74, 6) is -1.93. The summed E-state index contributed by atoms with van der Waals surface area (Å²) in [4.78, 5) is 131. The number of hydrogen-bond acceptors (Lipinski definition) is 33. The predicted octanol–water partition coefficient (Wildman–Crippen LogP) is 7.17. The Morgan fingerprint density at radius 3 is 0.969 bits per heavy atom. The van der Waals surface area contributed by atoms with Gasteiger partial charge in [-0.2, -0.15) is 30.2 Å². The van der Waals surface area contributed by atoms with Gasteiger partial charge in [-0.1, -0.05) is 54.6 Å². The van der Waals surface area contributed by atoms with E-state index >= 15 is 13.2 Å². The second kappa shape index (κ2) is 45.6. The van der Waals surface area contributed by atoms with Gasteiger partial charge in [0.2, 0.25) is 0 Å². The Morgan fingerprint density at radius 1 is 0.462 bits per heavy atom. The first-order valence-corrected chi connectivity index (χ1v) is 47.0. The van der Waals surface area contributed by atoms with E-state index in [0.717, 1.165) is 73.2 Å². The number of aliphatic hydroxyl groups excluding tert-OH is 3. The number of rotatable bonds is 40. The monoisotopic (exact) mass is 1890 g/mol. The Kier molecular flexibility index (Phi) is 36.7. The zero-order chi connectivity index (χ0) is 95.7. The van der Waals surface area contributed by atoms with Crippen molar-refractivity contribution in [1.82, 2.24) is 58.6 Å². The minimum absolute atomic E-state index is 0.0462. The molecule has 0 saturated carbocycles. The molecule has 5 fully saturated rings. The van der Waals surface area contributed by atoms with E-state index in [1.807, 2.05) is 23.9 Å². The van der Waals surface area contributed by atoms with E-state index in [2.05, 4.69) is 30.2 Å². The van der Waals surface area contributed by atoms with Crippen LogP contribution in [0.2, 0.25) is 0 Å². The summed E-state index contributed by atoms with van der Waals surface area (Å²) in [5, 5.41) is 39.9. The first-order valence-electron chi connectivity index (χ1n) is 42.4. The van der Waals surface area contributed by atoms with E-state index in [-0.39, 0.29) is 89.6 Å². The van der Waals surface area contributed by atoms with Crippen LogP contribution in [-0.4, -0.2) is 264 Å². The number of nitrogens with one attached hydrogen (secondary N) is 3. The molecule has 0 unspecified atom stereocenters. The molecule has 11 rings (SSSR count). The van der Waals surface area contributed by atoms with E-state index in [4.69, 9.17) is 55.6 Å². The molecule has 3 aromatic carbocycles. The van der Waals surface area contributed by atoms with Crippen molar-refractivity contribution in [2.75, 3.05) is 67.6 Å². The Morgan fingerprint density at radius 2 is 0.731 bits per heavy atom. The number of Topliss-reactive ketones (excluding diaryl/α,β-unsaturated/α-hetero) is 3. The third-order valence-corrected chi connectivity index (χ3v) is 26.2. The summed E-state index contributed by atoms with van der Waals surface area (Å²) in [7, 11) is -5.78. The molecule has 0 spiro atoms. The average Bonchev–Trinajstić information content (AvgIpc) is 1.62. The minimum Gasteiger partial charge on any atom is -0.462 e. The highest BCUT2D eigenvalue weighted by atomic mass is 31.2. The summed E-state index contributed by atoms with van der Waals surface area (Å²) in [6.07, 6.45) is -8.85. The molecule has 130 heavy (non-hydrogen) atoms. The molecule has 6 aromatic rings. The number of likely N-dealkylation sites (tertiary alicyclic amines) is 2. The molecule has 5 aliphatic rings. The normalized spacial score (nSPS) is 26.6. The summed E-state index contributed by atoms with van der Waals surface area (Å²) in [5.41, 5.74) is -9.40. The number of aromatic nitrogens is 6. The molecular formula is C85H118F3N12O27P3. The van der Waals surface area contributed by atoms with Crippen LogP contribution in [0.1, 0.15) is 145 Å². The fourth-order valence-corrected chi connectivity index (χ4v) is 19.1. The lowest BCUT2D eigenvalue weighted by Crippen LogP contribution is -2.43. The van der Waals surface area contributed by atoms with Crippen LogP contribution in [0.4, 0.5) is 13.2 Å². The number of carbonyl (C=O) groups is 6. The van der Waals surface area contributed by atoms with Gasteiger partial charge in [0, 0.05) is 18.6 Å². The van der Waals surface area contributed by atoms with Gasteiger partial charge in [-0.05, 0) is 205 Å². The molecule has 0 amide bonds. The maximum Gasteiger partial charge on any atom is 0.459 e. The number of esters is 3. The second-order valence-corrected chi connectivity index (χ2v) is 38.9. The van der Waals surface area contributed by atoms with Crippen molar-refractivity contribution in [2.45, 2.75) is 249 Å². The second-order valence-electron chi connectivity index (χ2n) is 33.8. The molecule has 5 saturated heterocycles. The molecule has 20 atom stereocenters. The topological polar surface area (TPSA) is 476 Å². The minimum atomic E-state index is -4.33. The largest absolute Gasteiger partial charge is 0.462 e. The quantitative estimate of drug-likeness (QED) is 0.0126. The van der Waals surface area contributed by atoms with Gasteiger partial charge in [-0.3, -0.25) is 65.8 Å². The summed E-state index contributed by atoms with van der Waals surface area (Å²) >= 11 is 0. The Hall–Kier alpha value is -9.00. The maximum absolute atomic E-state index is 15.9. The first kappa shape index (κ1) is 105. The lowest BCUT2D eigenvalue weighted by molar-refractivity contribution is -0.150. The smallest absolute Gasteiger partial charge is 0.459 e. The zero-order valence-corrected chi connectivity index (χ0v) is 78.0.